The minimum atomic E-state index is -0.200. The number of fused-ring (bicyclic) bond motifs is 2. The topological polar surface area (TPSA) is 72.7 Å². The van der Waals surface area contributed by atoms with E-state index in [4.69, 9.17) is 0 Å². The first-order valence-corrected chi connectivity index (χ1v) is 10.1. The van der Waals surface area contributed by atoms with Gasteiger partial charge in [-0.3, -0.25) is 9.78 Å². The summed E-state index contributed by atoms with van der Waals surface area (Å²) in [6, 6.07) is 15.5. The van der Waals surface area contributed by atoms with Crippen molar-refractivity contribution < 1.29 is 4.79 Å². The van der Waals surface area contributed by atoms with Crippen LogP contribution in [0.15, 0.2) is 66.3 Å². The lowest BCUT2D eigenvalue weighted by atomic mass is 10.1. The Morgan fingerprint density at radius 2 is 2.07 bits per heavy atom. The predicted octanol–water partition coefficient (Wildman–Crippen LogP) is 4.65. The van der Waals surface area contributed by atoms with Gasteiger partial charge < -0.3 is 5.32 Å². The Morgan fingerprint density at radius 3 is 2.93 bits per heavy atom. The van der Waals surface area contributed by atoms with Crippen molar-refractivity contribution in [2.45, 2.75) is 13.5 Å². The van der Waals surface area contributed by atoms with Crippen LogP contribution in [0.4, 0.5) is 5.69 Å². The lowest BCUT2D eigenvalue weighted by Gasteiger charge is -2.09. The van der Waals surface area contributed by atoms with Crippen molar-refractivity contribution in [1.29, 1.82) is 0 Å². The molecule has 0 fully saturated rings. The van der Waals surface area contributed by atoms with Gasteiger partial charge >= 0.3 is 0 Å². The molecule has 0 aliphatic carbocycles. The number of pyridine rings is 2. The van der Waals surface area contributed by atoms with E-state index in [-0.39, 0.29) is 5.91 Å². The van der Waals surface area contributed by atoms with E-state index in [1.807, 2.05) is 53.4 Å². The van der Waals surface area contributed by atoms with Gasteiger partial charge in [0.25, 0.3) is 5.91 Å². The van der Waals surface area contributed by atoms with Gasteiger partial charge in [0.15, 0.2) is 5.65 Å². The van der Waals surface area contributed by atoms with E-state index in [2.05, 4.69) is 26.4 Å². The number of benzene rings is 1. The van der Waals surface area contributed by atoms with Crippen LogP contribution >= 0.6 is 11.3 Å². The molecule has 0 aliphatic heterocycles. The summed E-state index contributed by atoms with van der Waals surface area (Å²) in [4.78, 5) is 23.4. The maximum absolute atomic E-state index is 13.1. The first-order valence-electron chi connectivity index (χ1n) is 9.20. The van der Waals surface area contributed by atoms with Crippen molar-refractivity contribution in [3.8, 4) is 0 Å². The molecule has 6 nitrogen and oxygen atoms in total. The smallest absolute Gasteiger partial charge is 0.256 e. The second-order valence-electron chi connectivity index (χ2n) is 6.76. The molecular formula is C22H17N5OS. The number of carbonyl (C=O) groups is 1. The van der Waals surface area contributed by atoms with Crippen molar-refractivity contribution in [3.63, 3.8) is 0 Å². The van der Waals surface area contributed by atoms with E-state index in [1.165, 1.54) is 4.88 Å². The third kappa shape index (κ3) is 3.25. The molecule has 1 aromatic carbocycles. The summed E-state index contributed by atoms with van der Waals surface area (Å²) in [6.07, 6.45) is 3.44. The van der Waals surface area contributed by atoms with Crippen molar-refractivity contribution in [1.82, 2.24) is 19.7 Å². The van der Waals surface area contributed by atoms with Gasteiger partial charge in [0.2, 0.25) is 0 Å². The van der Waals surface area contributed by atoms with Gasteiger partial charge in [0, 0.05) is 22.2 Å². The molecule has 0 saturated carbocycles. The van der Waals surface area contributed by atoms with E-state index < -0.39 is 0 Å². The Morgan fingerprint density at radius 1 is 1.17 bits per heavy atom. The van der Waals surface area contributed by atoms with Crippen LogP contribution in [-0.4, -0.2) is 25.7 Å². The first-order chi connectivity index (χ1) is 14.2. The van der Waals surface area contributed by atoms with Gasteiger partial charge in [0.05, 0.1) is 34.9 Å². The molecule has 0 unspecified atom stereocenters. The predicted molar refractivity (Wildman–Crippen MR) is 115 cm³/mol. The van der Waals surface area contributed by atoms with E-state index in [0.717, 1.165) is 22.0 Å². The molecule has 1 N–H and O–H groups in total. The number of hydrogen-bond donors (Lipinski definition) is 1. The molecule has 0 atom stereocenters. The fourth-order valence-corrected chi connectivity index (χ4v) is 4.11. The van der Waals surface area contributed by atoms with E-state index >= 15 is 0 Å². The highest BCUT2D eigenvalue weighted by atomic mass is 32.1. The average molecular weight is 399 g/mol. The van der Waals surface area contributed by atoms with Crippen LogP contribution in [0.2, 0.25) is 0 Å². The van der Waals surface area contributed by atoms with Crippen molar-refractivity contribution >= 4 is 44.9 Å². The third-order valence-electron chi connectivity index (χ3n) is 4.75. The number of rotatable bonds is 4. The standard InChI is InChI=1S/C22H17N5OS/c1-14-11-17(18-12-24-27(21(18)25-14)13-16-7-4-10-29-16)22(28)26-19-8-2-5-15-6-3-9-23-20(15)19/h2-12H,13H2,1H3,(H,26,28). The fourth-order valence-electron chi connectivity index (χ4n) is 3.42. The zero-order valence-electron chi connectivity index (χ0n) is 15.7. The molecule has 0 saturated heterocycles. The molecule has 0 spiro atoms. The van der Waals surface area contributed by atoms with Gasteiger partial charge in [-0.2, -0.15) is 5.10 Å². The van der Waals surface area contributed by atoms with Crippen LogP contribution in [0.1, 0.15) is 20.9 Å². The molecule has 5 rings (SSSR count). The normalized spacial score (nSPS) is 11.2. The van der Waals surface area contributed by atoms with Crippen LogP contribution in [0.5, 0.6) is 0 Å². The molecule has 29 heavy (non-hydrogen) atoms. The molecule has 0 aliphatic rings. The molecule has 0 radical (unpaired) electrons. The Labute approximate surface area is 170 Å². The average Bonchev–Trinajstić information content (AvgIpc) is 3.38. The van der Waals surface area contributed by atoms with Gasteiger partial charge in [-0.25, -0.2) is 9.67 Å². The van der Waals surface area contributed by atoms with E-state index in [0.29, 0.717) is 23.4 Å². The molecule has 142 valence electrons. The van der Waals surface area contributed by atoms with Crippen LogP contribution in [-0.2, 0) is 6.54 Å². The molecule has 1 amide bonds. The SMILES string of the molecule is Cc1cc(C(=O)Nc2cccc3cccnc23)c2cnn(Cc3cccs3)c2n1. The first kappa shape index (κ1) is 17.5. The number of hydrogen-bond acceptors (Lipinski definition) is 5. The van der Waals surface area contributed by atoms with Crippen LogP contribution in [0, 0.1) is 6.92 Å². The number of anilines is 1. The Balaban J connectivity index is 1.54. The van der Waals surface area contributed by atoms with Gasteiger partial charge in [-0.15, -0.1) is 11.3 Å². The largest absolute Gasteiger partial charge is 0.320 e. The number of amides is 1. The molecular weight excluding hydrogens is 382 g/mol. The number of para-hydroxylation sites is 1. The van der Waals surface area contributed by atoms with Crippen molar-refractivity contribution in [3.05, 3.63) is 82.4 Å². The summed E-state index contributed by atoms with van der Waals surface area (Å²) < 4.78 is 1.84. The fraction of sp³-hybridized carbons (Fsp3) is 0.0909. The highest BCUT2D eigenvalue weighted by Gasteiger charge is 2.17. The maximum atomic E-state index is 13.1. The Kier molecular flexibility index (Phi) is 4.29. The van der Waals surface area contributed by atoms with Crippen LogP contribution < -0.4 is 5.32 Å². The summed E-state index contributed by atoms with van der Waals surface area (Å²) >= 11 is 1.67. The lowest BCUT2D eigenvalue weighted by molar-refractivity contribution is 0.102. The van der Waals surface area contributed by atoms with Crippen molar-refractivity contribution in [2.75, 3.05) is 5.32 Å². The molecule has 7 heteroatoms. The van der Waals surface area contributed by atoms with Gasteiger partial charge in [0.1, 0.15) is 0 Å². The summed E-state index contributed by atoms with van der Waals surface area (Å²) in [5.41, 5.74) is 3.48. The Hall–Kier alpha value is -3.58. The highest BCUT2D eigenvalue weighted by Crippen LogP contribution is 2.24. The lowest BCUT2D eigenvalue weighted by Crippen LogP contribution is -2.14. The summed E-state index contributed by atoms with van der Waals surface area (Å²) in [6.45, 7) is 2.52. The van der Waals surface area contributed by atoms with Crippen LogP contribution in [0.3, 0.4) is 0 Å². The highest BCUT2D eigenvalue weighted by molar-refractivity contribution is 7.09. The van der Waals surface area contributed by atoms with Crippen molar-refractivity contribution in [2.24, 2.45) is 0 Å². The molecule has 0 bridgehead atoms. The summed E-state index contributed by atoms with van der Waals surface area (Å²) in [5.74, 6) is -0.200. The second-order valence-corrected chi connectivity index (χ2v) is 7.80. The number of nitrogens with zero attached hydrogens (tertiary/aromatic N) is 4. The zero-order chi connectivity index (χ0) is 19.8. The molecule has 4 aromatic heterocycles. The zero-order valence-corrected chi connectivity index (χ0v) is 16.5. The minimum absolute atomic E-state index is 0.200. The van der Waals surface area contributed by atoms with Crippen LogP contribution in [0.25, 0.3) is 21.9 Å². The third-order valence-corrected chi connectivity index (χ3v) is 5.61. The summed E-state index contributed by atoms with van der Waals surface area (Å²) in [5, 5.41) is 11.2. The molecule has 5 aromatic rings. The quantitative estimate of drug-likeness (QED) is 0.477. The maximum Gasteiger partial charge on any atom is 0.256 e. The number of thiophene rings is 1. The monoisotopic (exact) mass is 399 g/mol. The number of aryl methyl sites for hydroxylation is 1. The number of carbonyl (C=O) groups excluding carboxylic acids is 1. The van der Waals surface area contributed by atoms with E-state index in [9.17, 15) is 4.79 Å². The van der Waals surface area contributed by atoms with Gasteiger partial charge in [-0.1, -0.05) is 24.3 Å². The number of nitrogens with one attached hydrogen (secondary N) is 1. The van der Waals surface area contributed by atoms with E-state index in [1.54, 1.807) is 29.8 Å². The molecule has 4 heterocycles. The number of aromatic nitrogens is 4. The Bertz CT molecular complexity index is 1340. The van der Waals surface area contributed by atoms with Gasteiger partial charge in [-0.05, 0) is 36.6 Å². The summed E-state index contributed by atoms with van der Waals surface area (Å²) in [7, 11) is 0. The minimum Gasteiger partial charge on any atom is -0.320 e. The second kappa shape index (κ2) is 7.10.